The van der Waals surface area contributed by atoms with Gasteiger partial charge in [-0.2, -0.15) is 0 Å². The second-order valence-corrected chi connectivity index (χ2v) is 6.26. The number of ketones is 1. The molecule has 0 saturated carbocycles. The number of Topliss-reactive ketones (excluding diaryl/α,β-unsaturated/α-hetero) is 1. The van der Waals surface area contributed by atoms with Gasteiger partial charge in [-0.1, -0.05) is 30.3 Å². The van der Waals surface area contributed by atoms with Gasteiger partial charge < -0.3 is 8.83 Å². The molecule has 3 aromatic rings. The minimum absolute atomic E-state index is 0.164. The third-order valence-corrected chi connectivity index (χ3v) is 4.57. The molecule has 1 aliphatic heterocycles. The van der Waals surface area contributed by atoms with E-state index < -0.39 is 0 Å². The Morgan fingerprint density at radius 2 is 1.88 bits per heavy atom. The average Bonchev–Trinajstić information content (AvgIpc) is 3.35. The summed E-state index contributed by atoms with van der Waals surface area (Å²) < 4.78 is 11.0. The van der Waals surface area contributed by atoms with Crippen LogP contribution < -0.4 is 0 Å². The Bertz CT molecular complexity index is 819. The van der Waals surface area contributed by atoms with Gasteiger partial charge in [0.15, 0.2) is 11.5 Å². The van der Waals surface area contributed by atoms with E-state index in [-0.39, 0.29) is 11.7 Å². The summed E-state index contributed by atoms with van der Waals surface area (Å²) >= 11 is 0. The average molecular weight is 337 g/mol. The Kier molecular flexibility index (Phi) is 4.43. The number of carbonyl (C=O) groups is 1. The number of carbonyl (C=O) groups excluding carboxylic acids is 1. The van der Waals surface area contributed by atoms with E-state index >= 15 is 0 Å². The van der Waals surface area contributed by atoms with Gasteiger partial charge in [-0.25, -0.2) is 0 Å². The summed E-state index contributed by atoms with van der Waals surface area (Å²) in [7, 11) is 0. The summed E-state index contributed by atoms with van der Waals surface area (Å²) in [5.74, 6) is 2.06. The molecule has 0 atom stereocenters. The molecule has 0 bridgehead atoms. The minimum Gasteiger partial charge on any atom is -0.459 e. The zero-order valence-corrected chi connectivity index (χ0v) is 13.8. The molecule has 6 heteroatoms. The van der Waals surface area contributed by atoms with Crippen molar-refractivity contribution < 1.29 is 13.6 Å². The fourth-order valence-corrected chi connectivity index (χ4v) is 3.16. The lowest BCUT2D eigenvalue weighted by atomic mass is 9.96. The standard InChI is InChI=1S/C19H19N3O3/c23-16(14-5-2-1-3-6-14)13-22-10-8-15(9-11-22)18-20-21-19(25-18)17-7-4-12-24-17/h1-7,12,15H,8-11,13H2. The Hall–Kier alpha value is -2.73. The van der Waals surface area contributed by atoms with E-state index in [0.717, 1.165) is 31.5 Å². The summed E-state index contributed by atoms with van der Waals surface area (Å²) in [4.78, 5) is 14.5. The quantitative estimate of drug-likeness (QED) is 0.665. The van der Waals surface area contributed by atoms with Gasteiger partial charge in [-0.05, 0) is 38.1 Å². The number of piperidine rings is 1. The van der Waals surface area contributed by atoms with Gasteiger partial charge in [0.2, 0.25) is 5.89 Å². The number of rotatable bonds is 5. The van der Waals surface area contributed by atoms with Crippen LogP contribution in [0.5, 0.6) is 0 Å². The van der Waals surface area contributed by atoms with Crippen molar-refractivity contribution >= 4 is 5.78 Å². The first kappa shape index (κ1) is 15.8. The first-order valence-corrected chi connectivity index (χ1v) is 8.47. The van der Waals surface area contributed by atoms with Crippen LogP contribution >= 0.6 is 0 Å². The molecule has 0 radical (unpaired) electrons. The van der Waals surface area contributed by atoms with Crippen LogP contribution in [0.1, 0.15) is 35.0 Å². The summed E-state index contributed by atoms with van der Waals surface area (Å²) in [5, 5.41) is 8.23. The maximum atomic E-state index is 12.3. The van der Waals surface area contributed by atoms with Crippen molar-refractivity contribution in [3.63, 3.8) is 0 Å². The molecular formula is C19H19N3O3. The third-order valence-electron chi connectivity index (χ3n) is 4.57. The fraction of sp³-hybridized carbons (Fsp3) is 0.316. The van der Waals surface area contributed by atoms with Gasteiger partial charge in [0.05, 0.1) is 12.8 Å². The highest BCUT2D eigenvalue weighted by atomic mass is 16.4. The molecule has 1 aromatic carbocycles. The smallest absolute Gasteiger partial charge is 0.283 e. The predicted molar refractivity (Wildman–Crippen MR) is 91.2 cm³/mol. The van der Waals surface area contributed by atoms with Crippen LogP contribution in [0.25, 0.3) is 11.7 Å². The lowest BCUT2D eigenvalue weighted by Gasteiger charge is -2.29. The summed E-state index contributed by atoms with van der Waals surface area (Å²) in [5.41, 5.74) is 0.768. The molecule has 0 N–H and O–H groups in total. The topological polar surface area (TPSA) is 72.4 Å². The van der Waals surface area contributed by atoms with Crippen molar-refractivity contribution in [2.75, 3.05) is 19.6 Å². The van der Waals surface area contributed by atoms with Crippen molar-refractivity contribution in [2.45, 2.75) is 18.8 Å². The number of benzene rings is 1. The maximum absolute atomic E-state index is 12.3. The van der Waals surface area contributed by atoms with Crippen molar-refractivity contribution in [3.8, 4) is 11.7 Å². The molecule has 0 amide bonds. The van der Waals surface area contributed by atoms with E-state index in [4.69, 9.17) is 8.83 Å². The number of likely N-dealkylation sites (tertiary alicyclic amines) is 1. The van der Waals surface area contributed by atoms with Crippen LogP contribution in [-0.4, -0.2) is 40.5 Å². The first-order valence-electron chi connectivity index (χ1n) is 8.47. The molecule has 0 unspecified atom stereocenters. The second kappa shape index (κ2) is 7.03. The van der Waals surface area contributed by atoms with Gasteiger partial charge in [-0.3, -0.25) is 9.69 Å². The van der Waals surface area contributed by atoms with Crippen LogP contribution in [0, 0.1) is 0 Å². The second-order valence-electron chi connectivity index (χ2n) is 6.26. The molecule has 0 spiro atoms. The van der Waals surface area contributed by atoms with Crippen LogP contribution in [0.2, 0.25) is 0 Å². The summed E-state index contributed by atoms with van der Waals surface area (Å²) in [6, 6.07) is 13.0. The zero-order chi connectivity index (χ0) is 17.1. The normalized spacial score (nSPS) is 16.2. The molecule has 128 valence electrons. The largest absolute Gasteiger partial charge is 0.459 e. The SMILES string of the molecule is O=C(CN1CCC(c2nnc(-c3ccco3)o2)CC1)c1ccccc1. The lowest BCUT2D eigenvalue weighted by molar-refractivity contribution is 0.0906. The van der Waals surface area contributed by atoms with Crippen LogP contribution in [0.15, 0.2) is 57.6 Å². The summed E-state index contributed by atoms with van der Waals surface area (Å²) in [6.07, 6.45) is 3.39. The highest BCUT2D eigenvalue weighted by Crippen LogP contribution is 2.29. The van der Waals surface area contributed by atoms with Crippen LogP contribution in [0.4, 0.5) is 0 Å². The summed E-state index contributed by atoms with van der Waals surface area (Å²) in [6.45, 7) is 2.15. The van der Waals surface area contributed by atoms with Gasteiger partial charge >= 0.3 is 0 Å². The molecule has 1 fully saturated rings. The Morgan fingerprint density at radius 1 is 1.08 bits per heavy atom. The molecule has 0 aliphatic carbocycles. The monoisotopic (exact) mass is 337 g/mol. The third kappa shape index (κ3) is 3.53. The zero-order valence-electron chi connectivity index (χ0n) is 13.8. The molecule has 1 saturated heterocycles. The van der Waals surface area contributed by atoms with Crippen LogP contribution in [0.3, 0.4) is 0 Å². The van der Waals surface area contributed by atoms with E-state index in [1.54, 1.807) is 18.4 Å². The number of aromatic nitrogens is 2. The van der Waals surface area contributed by atoms with Gasteiger partial charge in [0, 0.05) is 11.5 Å². The van der Waals surface area contributed by atoms with E-state index in [1.807, 2.05) is 30.3 Å². The van der Waals surface area contributed by atoms with Gasteiger partial charge in [0.25, 0.3) is 5.89 Å². The Morgan fingerprint density at radius 3 is 2.60 bits per heavy atom. The van der Waals surface area contributed by atoms with Gasteiger partial charge in [-0.15, -0.1) is 10.2 Å². The van der Waals surface area contributed by atoms with E-state index in [0.29, 0.717) is 24.1 Å². The highest BCUT2D eigenvalue weighted by molar-refractivity contribution is 5.97. The first-order chi connectivity index (χ1) is 12.3. The number of hydrogen-bond acceptors (Lipinski definition) is 6. The molecule has 25 heavy (non-hydrogen) atoms. The molecule has 2 aromatic heterocycles. The molecule has 1 aliphatic rings. The van der Waals surface area contributed by atoms with Crippen molar-refractivity contribution in [1.82, 2.24) is 15.1 Å². The molecule has 6 nitrogen and oxygen atoms in total. The Balaban J connectivity index is 1.33. The predicted octanol–water partition coefficient (Wildman–Crippen LogP) is 3.39. The number of furan rings is 1. The van der Waals surface area contributed by atoms with E-state index in [1.165, 1.54) is 0 Å². The maximum Gasteiger partial charge on any atom is 0.283 e. The van der Waals surface area contributed by atoms with Crippen molar-refractivity contribution in [3.05, 3.63) is 60.2 Å². The van der Waals surface area contributed by atoms with Crippen molar-refractivity contribution in [2.24, 2.45) is 0 Å². The fourth-order valence-electron chi connectivity index (χ4n) is 3.16. The van der Waals surface area contributed by atoms with E-state index in [2.05, 4.69) is 15.1 Å². The molecule has 3 heterocycles. The van der Waals surface area contributed by atoms with Gasteiger partial charge in [0.1, 0.15) is 0 Å². The highest BCUT2D eigenvalue weighted by Gasteiger charge is 2.26. The number of nitrogens with zero attached hydrogens (tertiary/aromatic N) is 3. The van der Waals surface area contributed by atoms with E-state index in [9.17, 15) is 4.79 Å². The minimum atomic E-state index is 0.164. The Labute approximate surface area is 145 Å². The van der Waals surface area contributed by atoms with Crippen molar-refractivity contribution in [1.29, 1.82) is 0 Å². The lowest BCUT2D eigenvalue weighted by Crippen LogP contribution is -2.36. The van der Waals surface area contributed by atoms with Crippen LogP contribution in [-0.2, 0) is 0 Å². The molecule has 4 rings (SSSR count). The number of hydrogen-bond donors (Lipinski definition) is 0. The molecular weight excluding hydrogens is 318 g/mol.